The first-order valence-electron chi connectivity index (χ1n) is 6.89. The molecular formula is C15H17N5O. The van der Waals surface area contributed by atoms with Crippen LogP contribution in [0.15, 0.2) is 24.3 Å². The van der Waals surface area contributed by atoms with Crippen LogP contribution in [-0.2, 0) is 4.74 Å². The van der Waals surface area contributed by atoms with Gasteiger partial charge in [0.15, 0.2) is 5.82 Å². The molecule has 0 aliphatic carbocycles. The summed E-state index contributed by atoms with van der Waals surface area (Å²) in [6.45, 7) is 2.69. The van der Waals surface area contributed by atoms with E-state index < -0.39 is 0 Å². The largest absolute Gasteiger partial charge is 0.380 e. The van der Waals surface area contributed by atoms with Crippen LogP contribution in [-0.4, -0.2) is 34.9 Å². The van der Waals surface area contributed by atoms with Crippen molar-refractivity contribution in [1.29, 1.82) is 5.26 Å². The van der Waals surface area contributed by atoms with Crippen LogP contribution in [0.3, 0.4) is 0 Å². The highest BCUT2D eigenvalue weighted by atomic mass is 16.5. The number of hydrogen-bond donors (Lipinski definition) is 1. The molecule has 6 heteroatoms. The molecule has 21 heavy (non-hydrogen) atoms. The summed E-state index contributed by atoms with van der Waals surface area (Å²) >= 11 is 0. The second kappa shape index (κ2) is 5.54. The molecule has 1 saturated heterocycles. The van der Waals surface area contributed by atoms with E-state index in [4.69, 9.17) is 10.00 Å². The molecular weight excluding hydrogens is 266 g/mol. The molecule has 1 aromatic heterocycles. The Kier molecular flexibility index (Phi) is 3.59. The van der Waals surface area contributed by atoms with E-state index in [1.54, 1.807) is 7.11 Å². The van der Waals surface area contributed by atoms with Gasteiger partial charge in [-0.05, 0) is 31.2 Å². The third kappa shape index (κ3) is 2.60. The van der Waals surface area contributed by atoms with Crippen molar-refractivity contribution < 1.29 is 4.74 Å². The maximum atomic E-state index is 8.90. The van der Waals surface area contributed by atoms with Gasteiger partial charge in [0.1, 0.15) is 5.82 Å². The zero-order chi connectivity index (χ0) is 14.8. The van der Waals surface area contributed by atoms with Crippen molar-refractivity contribution in [2.75, 3.05) is 18.6 Å². The van der Waals surface area contributed by atoms with Crippen LogP contribution in [0.5, 0.6) is 0 Å². The standard InChI is InChI=1S/C15H17N5O/c1-10-17-15(19-18-10)14-7-13(21-2)9-20(14)12-5-3-11(8-16)4-6-12/h3-6,13-14H,7,9H2,1-2H3,(H,17,18,19)/t13-,14+/m1/s1. The van der Waals surface area contributed by atoms with Crippen molar-refractivity contribution in [3.05, 3.63) is 41.5 Å². The molecule has 108 valence electrons. The van der Waals surface area contributed by atoms with E-state index in [9.17, 15) is 0 Å². The molecule has 0 spiro atoms. The number of aromatic nitrogens is 3. The lowest BCUT2D eigenvalue weighted by atomic mass is 10.1. The number of aromatic amines is 1. The highest BCUT2D eigenvalue weighted by Gasteiger charge is 2.35. The van der Waals surface area contributed by atoms with E-state index in [1.165, 1.54) is 0 Å². The number of nitrogens with one attached hydrogen (secondary N) is 1. The van der Waals surface area contributed by atoms with Gasteiger partial charge in [0, 0.05) is 25.8 Å². The van der Waals surface area contributed by atoms with Crippen LogP contribution in [0, 0.1) is 18.3 Å². The highest BCUT2D eigenvalue weighted by Crippen LogP contribution is 2.35. The quantitative estimate of drug-likeness (QED) is 0.931. The van der Waals surface area contributed by atoms with Crippen molar-refractivity contribution in [3.63, 3.8) is 0 Å². The molecule has 0 bridgehead atoms. The smallest absolute Gasteiger partial charge is 0.173 e. The minimum Gasteiger partial charge on any atom is -0.380 e. The zero-order valence-electron chi connectivity index (χ0n) is 12.1. The predicted octanol–water partition coefficient (Wildman–Crippen LogP) is 1.95. The van der Waals surface area contributed by atoms with Gasteiger partial charge in [0.2, 0.25) is 0 Å². The first-order valence-corrected chi connectivity index (χ1v) is 6.89. The number of anilines is 1. The third-order valence-corrected chi connectivity index (χ3v) is 3.84. The number of benzene rings is 1. The second-order valence-electron chi connectivity index (χ2n) is 5.20. The summed E-state index contributed by atoms with van der Waals surface area (Å²) in [5.41, 5.74) is 1.72. The van der Waals surface area contributed by atoms with Gasteiger partial charge < -0.3 is 9.64 Å². The molecule has 1 aliphatic rings. The van der Waals surface area contributed by atoms with Crippen LogP contribution < -0.4 is 4.90 Å². The zero-order valence-corrected chi connectivity index (χ0v) is 12.1. The second-order valence-corrected chi connectivity index (χ2v) is 5.20. The van der Waals surface area contributed by atoms with E-state index >= 15 is 0 Å². The Balaban J connectivity index is 1.91. The Bertz CT molecular complexity index is 657. The first kappa shape index (κ1) is 13.6. The maximum Gasteiger partial charge on any atom is 0.173 e. The average molecular weight is 283 g/mol. The van der Waals surface area contributed by atoms with Gasteiger partial charge in [-0.3, -0.25) is 5.10 Å². The van der Waals surface area contributed by atoms with Crippen LogP contribution in [0.25, 0.3) is 0 Å². The number of rotatable bonds is 3. The predicted molar refractivity (Wildman–Crippen MR) is 77.8 cm³/mol. The third-order valence-electron chi connectivity index (χ3n) is 3.84. The summed E-state index contributed by atoms with van der Waals surface area (Å²) in [7, 11) is 1.73. The Labute approximate surface area is 123 Å². The average Bonchev–Trinajstić information content (AvgIpc) is 3.13. The summed E-state index contributed by atoms with van der Waals surface area (Å²) in [5, 5.41) is 16.1. The van der Waals surface area contributed by atoms with Gasteiger partial charge in [-0.25, -0.2) is 4.98 Å². The summed E-state index contributed by atoms with van der Waals surface area (Å²) in [4.78, 5) is 6.69. The number of nitrogens with zero attached hydrogens (tertiary/aromatic N) is 4. The Morgan fingerprint density at radius 2 is 2.14 bits per heavy atom. The first-order chi connectivity index (χ1) is 10.2. The van der Waals surface area contributed by atoms with Crippen LogP contribution in [0.2, 0.25) is 0 Å². The molecule has 1 N–H and O–H groups in total. The SMILES string of the molecule is CO[C@@H]1C[C@@H](c2n[nH]c(C)n2)N(c2ccc(C#N)cc2)C1. The molecule has 0 unspecified atom stereocenters. The molecule has 0 amide bonds. The van der Waals surface area contributed by atoms with E-state index in [-0.39, 0.29) is 12.1 Å². The van der Waals surface area contributed by atoms with Crippen molar-refractivity contribution in [2.45, 2.75) is 25.5 Å². The fraction of sp³-hybridized carbons (Fsp3) is 0.400. The Morgan fingerprint density at radius 1 is 1.38 bits per heavy atom. The van der Waals surface area contributed by atoms with Crippen LogP contribution in [0.1, 0.15) is 29.7 Å². The molecule has 1 aliphatic heterocycles. The summed E-state index contributed by atoms with van der Waals surface area (Å²) in [5.74, 6) is 1.60. The maximum absolute atomic E-state index is 8.90. The minimum atomic E-state index is 0.0906. The topological polar surface area (TPSA) is 77.8 Å². The van der Waals surface area contributed by atoms with Crippen molar-refractivity contribution in [3.8, 4) is 6.07 Å². The molecule has 2 atom stereocenters. The van der Waals surface area contributed by atoms with E-state index in [0.717, 1.165) is 30.3 Å². The van der Waals surface area contributed by atoms with Crippen molar-refractivity contribution >= 4 is 5.69 Å². The Hall–Kier alpha value is -2.39. The number of methoxy groups -OCH3 is 1. The number of hydrogen-bond acceptors (Lipinski definition) is 5. The summed E-state index contributed by atoms with van der Waals surface area (Å²) in [6, 6.07) is 9.81. The number of H-pyrrole nitrogens is 1. The van der Waals surface area contributed by atoms with Crippen LogP contribution >= 0.6 is 0 Å². The monoisotopic (exact) mass is 283 g/mol. The fourth-order valence-electron chi connectivity index (χ4n) is 2.73. The molecule has 1 aromatic carbocycles. The number of nitriles is 1. The lowest BCUT2D eigenvalue weighted by molar-refractivity contribution is 0.118. The van der Waals surface area contributed by atoms with Gasteiger partial charge in [-0.2, -0.15) is 10.4 Å². The molecule has 2 heterocycles. The van der Waals surface area contributed by atoms with Gasteiger partial charge in [0.25, 0.3) is 0 Å². The fourth-order valence-corrected chi connectivity index (χ4v) is 2.73. The summed E-state index contributed by atoms with van der Waals surface area (Å²) < 4.78 is 5.51. The van der Waals surface area contributed by atoms with Gasteiger partial charge in [0.05, 0.1) is 23.8 Å². The molecule has 1 fully saturated rings. The lowest BCUT2D eigenvalue weighted by Gasteiger charge is -2.24. The molecule has 0 saturated carbocycles. The molecule has 0 radical (unpaired) electrons. The van der Waals surface area contributed by atoms with E-state index in [0.29, 0.717) is 5.56 Å². The van der Waals surface area contributed by atoms with E-state index in [2.05, 4.69) is 26.2 Å². The molecule has 2 aromatic rings. The van der Waals surface area contributed by atoms with Crippen molar-refractivity contribution in [2.24, 2.45) is 0 Å². The summed E-state index contributed by atoms with van der Waals surface area (Å²) in [6.07, 6.45) is 1.01. The van der Waals surface area contributed by atoms with E-state index in [1.807, 2.05) is 31.2 Å². The van der Waals surface area contributed by atoms with Crippen molar-refractivity contribution in [1.82, 2.24) is 15.2 Å². The minimum absolute atomic E-state index is 0.0906. The molecule has 3 rings (SSSR count). The number of aryl methyl sites for hydroxylation is 1. The van der Waals surface area contributed by atoms with Gasteiger partial charge in [-0.1, -0.05) is 0 Å². The molecule has 6 nitrogen and oxygen atoms in total. The van der Waals surface area contributed by atoms with Gasteiger partial charge in [-0.15, -0.1) is 0 Å². The highest BCUT2D eigenvalue weighted by molar-refractivity contribution is 5.52. The normalized spacial score (nSPS) is 21.5. The van der Waals surface area contributed by atoms with Crippen LogP contribution in [0.4, 0.5) is 5.69 Å². The Morgan fingerprint density at radius 3 is 2.71 bits per heavy atom. The number of ether oxygens (including phenoxy) is 1. The lowest BCUT2D eigenvalue weighted by Crippen LogP contribution is -2.25. The van der Waals surface area contributed by atoms with Gasteiger partial charge >= 0.3 is 0 Å².